The zero-order valence-electron chi connectivity index (χ0n) is 7.01. The fourth-order valence-electron chi connectivity index (χ4n) is 1.84. The van der Waals surface area contributed by atoms with E-state index in [1.54, 1.807) is 0 Å². The van der Waals surface area contributed by atoms with Crippen LogP contribution >= 0.6 is 0 Å². The summed E-state index contributed by atoms with van der Waals surface area (Å²) >= 11 is 0. The van der Waals surface area contributed by atoms with Crippen molar-refractivity contribution >= 4 is 0 Å². The highest BCUT2D eigenvalue weighted by molar-refractivity contribution is 4.83. The Morgan fingerprint density at radius 2 is 2.40 bits per heavy atom. The Balaban J connectivity index is 2.42. The van der Waals surface area contributed by atoms with Crippen LogP contribution in [0.1, 0.15) is 26.7 Å². The first-order chi connectivity index (χ1) is 4.75. The van der Waals surface area contributed by atoms with Gasteiger partial charge in [0.05, 0.1) is 0 Å². The van der Waals surface area contributed by atoms with Crippen LogP contribution in [0, 0.1) is 0 Å². The van der Waals surface area contributed by atoms with Crippen molar-refractivity contribution in [2.75, 3.05) is 13.1 Å². The van der Waals surface area contributed by atoms with Crippen LogP contribution in [-0.2, 0) is 0 Å². The summed E-state index contributed by atoms with van der Waals surface area (Å²) in [5.41, 5.74) is 5.82. The summed E-state index contributed by atoms with van der Waals surface area (Å²) in [7, 11) is 0. The molecule has 0 radical (unpaired) electrons. The summed E-state index contributed by atoms with van der Waals surface area (Å²) in [6.45, 7) is 6.73. The number of likely N-dealkylation sites (tertiary alicyclic amines) is 1. The largest absolute Gasteiger partial charge is 0.327 e. The molecule has 0 aliphatic carbocycles. The molecule has 1 fully saturated rings. The molecule has 0 saturated carbocycles. The molecular formula is C8H18N2. The van der Waals surface area contributed by atoms with Gasteiger partial charge in [0, 0.05) is 12.1 Å². The van der Waals surface area contributed by atoms with Gasteiger partial charge in [-0.15, -0.1) is 0 Å². The minimum atomic E-state index is 0.349. The lowest BCUT2D eigenvalue weighted by atomic mass is 10.1. The van der Waals surface area contributed by atoms with Crippen LogP contribution in [0.2, 0.25) is 0 Å². The van der Waals surface area contributed by atoms with Gasteiger partial charge in [0.1, 0.15) is 0 Å². The number of rotatable bonds is 2. The fourth-order valence-corrected chi connectivity index (χ4v) is 1.84. The van der Waals surface area contributed by atoms with E-state index in [1.165, 1.54) is 19.4 Å². The van der Waals surface area contributed by atoms with Crippen molar-refractivity contribution in [1.29, 1.82) is 0 Å². The van der Waals surface area contributed by atoms with Crippen LogP contribution in [0.15, 0.2) is 0 Å². The third-order valence-corrected chi connectivity index (χ3v) is 2.43. The molecular weight excluding hydrogens is 124 g/mol. The summed E-state index contributed by atoms with van der Waals surface area (Å²) in [5, 5.41) is 0. The van der Waals surface area contributed by atoms with Crippen molar-refractivity contribution in [2.45, 2.75) is 38.8 Å². The van der Waals surface area contributed by atoms with E-state index in [-0.39, 0.29) is 0 Å². The van der Waals surface area contributed by atoms with Gasteiger partial charge in [-0.3, -0.25) is 4.90 Å². The first kappa shape index (κ1) is 8.02. The van der Waals surface area contributed by atoms with Gasteiger partial charge in [0.25, 0.3) is 0 Å². The van der Waals surface area contributed by atoms with Crippen molar-refractivity contribution in [2.24, 2.45) is 5.73 Å². The average Bonchev–Trinajstić information content (AvgIpc) is 2.33. The van der Waals surface area contributed by atoms with Gasteiger partial charge in [0.15, 0.2) is 0 Å². The van der Waals surface area contributed by atoms with Crippen LogP contribution in [0.4, 0.5) is 0 Å². The van der Waals surface area contributed by atoms with E-state index in [9.17, 15) is 0 Å². The molecule has 1 rings (SSSR count). The van der Waals surface area contributed by atoms with E-state index in [0.29, 0.717) is 12.1 Å². The molecule has 0 aromatic heterocycles. The molecule has 0 spiro atoms. The molecule has 2 atom stereocenters. The molecule has 0 bridgehead atoms. The second kappa shape index (κ2) is 3.35. The van der Waals surface area contributed by atoms with Crippen molar-refractivity contribution < 1.29 is 0 Å². The lowest BCUT2D eigenvalue weighted by Crippen LogP contribution is -2.41. The summed E-state index contributed by atoms with van der Waals surface area (Å²) in [4.78, 5) is 2.48. The van der Waals surface area contributed by atoms with Gasteiger partial charge in [0.2, 0.25) is 0 Å². The molecule has 1 aliphatic rings. The molecule has 60 valence electrons. The van der Waals surface area contributed by atoms with Gasteiger partial charge in [-0.1, -0.05) is 6.92 Å². The monoisotopic (exact) mass is 142 g/mol. The van der Waals surface area contributed by atoms with Gasteiger partial charge in [-0.05, 0) is 32.9 Å². The zero-order chi connectivity index (χ0) is 7.56. The lowest BCUT2D eigenvalue weighted by Gasteiger charge is -2.25. The standard InChI is InChI=1S/C8H18N2/c1-3-10-6-4-5-8(10)7(2)9/h7-8H,3-6,9H2,1-2H3/t7?,8-/m0/s1. The summed E-state index contributed by atoms with van der Waals surface area (Å²) < 4.78 is 0. The highest BCUT2D eigenvalue weighted by Crippen LogP contribution is 2.18. The Bertz CT molecular complexity index is 101. The predicted molar refractivity (Wildman–Crippen MR) is 43.9 cm³/mol. The van der Waals surface area contributed by atoms with Gasteiger partial charge < -0.3 is 5.73 Å². The van der Waals surface area contributed by atoms with Crippen molar-refractivity contribution in [1.82, 2.24) is 4.90 Å². The number of likely N-dealkylation sites (N-methyl/N-ethyl adjacent to an activating group) is 1. The fraction of sp³-hybridized carbons (Fsp3) is 1.00. The summed E-state index contributed by atoms with van der Waals surface area (Å²) in [6, 6.07) is 1.01. The van der Waals surface area contributed by atoms with Crippen LogP contribution in [-0.4, -0.2) is 30.1 Å². The minimum absolute atomic E-state index is 0.349. The Morgan fingerprint density at radius 1 is 1.70 bits per heavy atom. The molecule has 10 heavy (non-hydrogen) atoms. The van der Waals surface area contributed by atoms with Gasteiger partial charge >= 0.3 is 0 Å². The lowest BCUT2D eigenvalue weighted by molar-refractivity contribution is 0.242. The number of nitrogens with two attached hydrogens (primary N) is 1. The maximum atomic E-state index is 5.82. The van der Waals surface area contributed by atoms with Crippen molar-refractivity contribution in [3.63, 3.8) is 0 Å². The molecule has 1 heterocycles. The van der Waals surface area contributed by atoms with E-state index in [2.05, 4.69) is 18.7 Å². The van der Waals surface area contributed by atoms with E-state index < -0.39 is 0 Å². The molecule has 0 amide bonds. The van der Waals surface area contributed by atoms with Crippen LogP contribution in [0.3, 0.4) is 0 Å². The molecule has 1 unspecified atom stereocenters. The van der Waals surface area contributed by atoms with Crippen LogP contribution in [0.5, 0.6) is 0 Å². The van der Waals surface area contributed by atoms with E-state index in [0.717, 1.165) is 6.54 Å². The van der Waals surface area contributed by atoms with E-state index in [1.807, 2.05) is 0 Å². The molecule has 1 saturated heterocycles. The number of hydrogen-bond acceptors (Lipinski definition) is 2. The number of nitrogens with zero attached hydrogens (tertiary/aromatic N) is 1. The van der Waals surface area contributed by atoms with Gasteiger partial charge in [-0.25, -0.2) is 0 Å². The zero-order valence-corrected chi connectivity index (χ0v) is 7.01. The average molecular weight is 142 g/mol. The molecule has 2 N–H and O–H groups in total. The molecule has 1 aliphatic heterocycles. The Morgan fingerprint density at radius 3 is 2.80 bits per heavy atom. The summed E-state index contributed by atoms with van der Waals surface area (Å²) in [5.74, 6) is 0. The minimum Gasteiger partial charge on any atom is -0.327 e. The third-order valence-electron chi connectivity index (χ3n) is 2.43. The second-order valence-corrected chi connectivity index (χ2v) is 3.20. The maximum absolute atomic E-state index is 5.82. The Hall–Kier alpha value is -0.0800. The second-order valence-electron chi connectivity index (χ2n) is 3.20. The Labute approximate surface area is 63.4 Å². The topological polar surface area (TPSA) is 29.3 Å². The molecule has 0 aromatic carbocycles. The quantitative estimate of drug-likeness (QED) is 0.618. The molecule has 0 aromatic rings. The Kier molecular flexibility index (Phi) is 2.69. The van der Waals surface area contributed by atoms with Crippen molar-refractivity contribution in [3.8, 4) is 0 Å². The first-order valence-corrected chi connectivity index (χ1v) is 4.25. The van der Waals surface area contributed by atoms with Crippen molar-refractivity contribution in [3.05, 3.63) is 0 Å². The highest BCUT2D eigenvalue weighted by Gasteiger charge is 2.25. The van der Waals surface area contributed by atoms with E-state index in [4.69, 9.17) is 5.73 Å². The normalized spacial score (nSPS) is 30.9. The predicted octanol–water partition coefficient (Wildman–Crippen LogP) is 0.818. The smallest absolute Gasteiger partial charge is 0.0244 e. The maximum Gasteiger partial charge on any atom is 0.0244 e. The highest BCUT2D eigenvalue weighted by atomic mass is 15.2. The third kappa shape index (κ3) is 1.50. The van der Waals surface area contributed by atoms with Crippen LogP contribution < -0.4 is 5.73 Å². The van der Waals surface area contributed by atoms with Crippen LogP contribution in [0.25, 0.3) is 0 Å². The number of hydrogen-bond donors (Lipinski definition) is 1. The SMILES string of the molecule is CCN1CCC[C@H]1C(C)N. The van der Waals surface area contributed by atoms with Gasteiger partial charge in [-0.2, -0.15) is 0 Å². The van der Waals surface area contributed by atoms with E-state index >= 15 is 0 Å². The molecule has 2 heteroatoms. The first-order valence-electron chi connectivity index (χ1n) is 4.25. The summed E-state index contributed by atoms with van der Waals surface area (Å²) in [6.07, 6.45) is 2.63. The molecule has 2 nitrogen and oxygen atoms in total.